The Kier molecular flexibility index (Phi) is 3.41. The summed E-state index contributed by atoms with van der Waals surface area (Å²) in [6.07, 6.45) is 2.12. The molecule has 1 aromatic carbocycles. The Morgan fingerprint density at radius 2 is 1.89 bits per heavy atom. The molecule has 0 saturated carbocycles. The van der Waals surface area contributed by atoms with Crippen LogP contribution in [0.4, 0.5) is 0 Å². The van der Waals surface area contributed by atoms with Gasteiger partial charge < -0.3 is 9.64 Å². The van der Waals surface area contributed by atoms with Gasteiger partial charge in [0.1, 0.15) is 11.4 Å². The van der Waals surface area contributed by atoms with Crippen LogP contribution in [0.5, 0.6) is 5.75 Å². The van der Waals surface area contributed by atoms with E-state index in [4.69, 9.17) is 4.74 Å². The zero-order valence-corrected chi connectivity index (χ0v) is 12.6. The second kappa shape index (κ2) is 4.58. The maximum Gasteiger partial charge on any atom is 0.126 e. The number of nitrogens with zero attached hydrogens (tertiary/aromatic N) is 1. The zero-order valence-electron chi connectivity index (χ0n) is 12.6. The van der Waals surface area contributed by atoms with Crippen LogP contribution in [0.15, 0.2) is 6.07 Å². The standard InChI is InChI=1S/C16H25NO/c1-11-9-12(2)14-10-16(4,7-8-17(5)6)18-15(14)13(11)3/h9H,7-8,10H2,1-6H3/t16-/m1/s1. The van der Waals surface area contributed by atoms with Gasteiger partial charge in [-0.3, -0.25) is 0 Å². The number of aryl methyl sites for hydroxylation is 2. The highest BCUT2D eigenvalue weighted by atomic mass is 16.5. The number of hydrogen-bond donors (Lipinski definition) is 0. The first-order valence-corrected chi connectivity index (χ1v) is 6.76. The molecule has 0 fully saturated rings. The lowest BCUT2D eigenvalue weighted by atomic mass is 9.91. The lowest BCUT2D eigenvalue weighted by Crippen LogP contribution is -2.34. The van der Waals surface area contributed by atoms with Gasteiger partial charge in [-0.15, -0.1) is 0 Å². The third-order valence-corrected chi connectivity index (χ3v) is 4.10. The van der Waals surface area contributed by atoms with Crippen LogP contribution in [0.1, 0.15) is 35.6 Å². The Morgan fingerprint density at radius 3 is 2.50 bits per heavy atom. The molecule has 18 heavy (non-hydrogen) atoms. The van der Waals surface area contributed by atoms with E-state index in [9.17, 15) is 0 Å². The fourth-order valence-corrected chi connectivity index (χ4v) is 2.72. The van der Waals surface area contributed by atoms with Gasteiger partial charge in [0, 0.05) is 18.5 Å². The minimum Gasteiger partial charge on any atom is -0.487 e. The summed E-state index contributed by atoms with van der Waals surface area (Å²) in [5.41, 5.74) is 5.41. The Morgan fingerprint density at radius 1 is 1.22 bits per heavy atom. The van der Waals surface area contributed by atoms with Crippen molar-refractivity contribution in [3.05, 3.63) is 28.3 Å². The van der Waals surface area contributed by atoms with Gasteiger partial charge in [-0.05, 0) is 64.9 Å². The summed E-state index contributed by atoms with van der Waals surface area (Å²) in [6.45, 7) is 9.85. The van der Waals surface area contributed by atoms with Crippen LogP contribution < -0.4 is 4.74 Å². The topological polar surface area (TPSA) is 12.5 Å². The monoisotopic (exact) mass is 247 g/mol. The molecule has 2 nitrogen and oxygen atoms in total. The number of benzene rings is 1. The number of ether oxygens (including phenoxy) is 1. The van der Waals surface area contributed by atoms with Crippen molar-refractivity contribution >= 4 is 0 Å². The molecule has 100 valence electrons. The first kappa shape index (κ1) is 13.4. The quantitative estimate of drug-likeness (QED) is 0.813. The van der Waals surface area contributed by atoms with E-state index in [1.807, 2.05) is 0 Å². The van der Waals surface area contributed by atoms with E-state index in [2.05, 4.69) is 52.8 Å². The van der Waals surface area contributed by atoms with E-state index < -0.39 is 0 Å². The lowest BCUT2D eigenvalue weighted by Gasteiger charge is -2.26. The van der Waals surface area contributed by atoms with E-state index in [1.54, 1.807) is 0 Å². The fraction of sp³-hybridized carbons (Fsp3) is 0.625. The fourth-order valence-electron chi connectivity index (χ4n) is 2.72. The van der Waals surface area contributed by atoms with E-state index in [0.717, 1.165) is 25.1 Å². The molecule has 0 bridgehead atoms. The Labute approximate surface area is 111 Å². The predicted octanol–water partition coefficient (Wildman–Crippen LogP) is 3.26. The maximum atomic E-state index is 6.31. The molecule has 0 amide bonds. The molecule has 0 radical (unpaired) electrons. The van der Waals surface area contributed by atoms with Crippen LogP contribution in [0.2, 0.25) is 0 Å². The van der Waals surface area contributed by atoms with Crippen LogP contribution in [0.25, 0.3) is 0 Å². The van der Waals surface area contributed by atoms with E-state index >= 15 is 0 Å². The van der Waals surface area contributed by atoms with Gasteiger partial charge in [0.15, 0.2) is 0 Å². The lowest BCUT2D eigenvalue weighted by molar-refractivity contribution is 0.0950. The Bertz CT molecular complexity index is 465. The molecular formula is C16H25NO. The largest absolute Gasteiger partial charge is 0.487 e. The summed E-state index contributed by atoms with van der Waals surface area (Å²) >= 11 is 0. The van der Waals surface area contributed by atoms with Gasteiger partial charge in [-0.1, -0.05) is 6.07 Å². The second-order valence-electron chi connectivity index (χ2n) is 6.23. The number of hydrogen-bond acceptors (Lipinski definition) is 2. The molecule has 1 heterocycles. The van der Waals surface area contributed by atoms with Gasteiger partial charge >= 0.3 is 0 Å². The van der Waals surface area contributed by atoms with Crippen LogP contribution in [0.3, 0.4) is 0 Å². The van der Waals surface area contributed by atoms with Gasteiger partial charge in [-0.25, -0.2) is 0 Å². The average Bonchev–Trinajstić information content (AvgIpc) is 2.63. The molecule has 1 aliphatic rings. The number of rotatable bonds is 3. The summed E-state index contributed by atoms with van der Waals surface area (Å²) < 4.78 is 6.31. The predicted molar refractivity (Wildman–Crippen MR) is 76.6 cm³/mol. The third-order valence-electron chi connectivity index (χ3n) is 4.10. The number of fused-ring (bicyclic) bond motifs is 1. The molecular weight excluding hydrogens is 222 g/mol. The summed E-state index contributed by atoms with van der Waals surface area (Å²) in [7, 11) is 4.23. The van der Waals surface area contributed by atoms with Gasteiger partial charge in [0.05, 0.1) is 0 Å². The van der Waals surface area contributed by atoms with Gasteiger partial charge in [0.25, 0.3) is 0 Å². The normalized spacial score (nSPS) is 22.2. The molecule has 1 aliphatic heterocycles. The minimum absolute atomic E-state index is 0.0318. The first-order chi connectivity index (χ1) is 8.32. The Balaban J connectivity index is 2.27. The third kappa shape index (κ3) is 2.39. The molecule has 0 aromatic heterocycles. The SMILES string of the molecule is Cc1cc(C)c2c(c1C)O[C@](C)(CCN(C)C)C2. The van der Waals surface area contributed by atoms with Crippen molar-refractivity contribution in [3.8, 4) is 5.75 Å². The molecule has 0 spiro atoms. The highest BCUT2D eigenvalue weighted by molar-refractivity contribution is 5.52. The Hall–Kier alpha value is -1.02. The van der Waals surface area contributed by atoms with Crippen LogP contribution in [0, 0.1) is 20.8 Å². The molecule has 2 rings (SSSR count). The highest BCUT2D eigenvalue weighted by Gasteiger charge is 2.36. The van der Waals surface area contributed by atoms with Gasteiger partial charge in [0.2, 0.25) is 0 Å². The van der Waals surface area contributed by atoms with Crippen molar-refractivity contribution in [2.75, 3.05) is 20.6 Å². The van der Waals surface area contributed by atoms with Crippen molar-refractivity contribution in [2.24, 2.45) is 0 Å². The van der Waals surface area contributed by atoms with Crippen molar-refractivity contribution in [3.63, 3.8) is 0 Å². The second-order valence-corrected chi connectivity index (χ2v) is 6.23. The molecule has 1 aromatic rings. The summed E-state index contributed by atoms with van der Waals surface area (Å²) in [4.78, 5) is 2.22. The molecule has 1 atom stereocenters. The van der Waals surface area contributed by atoms with Crippen LogP contribution in [-0.2, 0) is 6.42 Å². The molecule has 0 saturated heterocycles. The van der Waals surface area contributed by atoms with E-state index in [1.165, 1.54) is 22.3 Å². The zero-order chi connectivity index (χ0) is 13.5. The van der Waals surface area contributed by atoms with Gasteiger partial charge in [-0.2, -0.15) is 0 Å². The molecule has 0 aliphatic carbocycles. The van der Waals surface area contributed by atoms with Crippen molar-refractivity contribution in [2.45, 2.75) is 46.1 Å². The van der Waals surface area contributed by atoms with Crippen molar-refractivity contribution in [1.29, 1.82) is 0 Å². The van der Waals surface area contributed by atoms with Crippen molar-refractivity contribution < 1.29 is 4.74 Å². The van der Waals surface area contributed by atoms with E-state index in [-0.39, 0.29) is 5.60 Å². The van der Waals surface area contributed by atoms with E-state index in [0.29, 0.717) is 0 Å². The molecule has 2 heteroatoms. The van der Waals surface area contributed by atoms with Crippen LogP contribution >= 0.6 is 0 Å². The summed E-state index contributed by atoms with van der Waals surface area (Å²) in [5.74, 6) is 1.15. The molecule has 0 unspecified atom stereocenters. The smallest absolute Gasteiger partial charge is 0.126 e. The first-order valence-electron chi connectivity index (χ1n) is 6.76. The highest BCUT2D eigenvalue weighted by Crippen LogP contribution is 2.42. The summed E-state index contributed by atoms with van der Waals surface area (Å²) in [5, 5.41) is 0. The summed E-state index contributed by atoms with van der Waals surface area (Å²) in [6, 6.07) is 2.29. The average molecular weight is 247 g/mol. The maximum absolute atomic E-state index is 6.31. The minimum atomic E-state index is -0.0318. The van der Waals surface area contributed by atoms with Crippen molar-refractivity contribution in [1.82, 2.24) is 4.90 Å². The molecule has 0 N–H and O–H groups in total. The van der Waals surface area contributed by atoms with Crippen LogP contribution in [-0.4, -0.2) is 31.1 Å².